The summed E-state index contributed by atoms with van der Waals surface area (Å²) in [6.07, 6.45) is -1.20. The molecule has 0 saturated heterocycles. The van der Waals surface area contributed by atoms with Gasteiger partial charge in [0, 0.05) is 8.95 Å². The molecular weight excluding hydrogens is 384 g/mol. The van der Waals surface area contributed by atoms with E-state index in [4.69, 9.17) is 5.11 Å². The SMILES string of the molecule is CC(O)C(NC(=O)Nc1c(Br)cccc1Br)C(=O)O. The van der Waals surface area contributed by atoms with E-state index in [1.165, 1.54) is 6.92 Å². The van der Waals surface area contributed by atoms with Gasteiger partial charge in [0.1, 0.15) is 0 Å². The van der Waals surface area contributed by atoms with Gasteiger partial charge in [0.25, 0.3) is 0 Å². The van der Waals surface area contributed by atoms with E-state index in [0.29, 0.717) is 14.6 Å². The summed E-state index contributed by atoms with van der Waals surface area (Å²) < 4.78 is 1.28. The summed E-state index contributed by atoms with van der Waals surface area (Å²) >= 11 is 6.52. The van der Waals surface area contributed by atoms with E-state index < -0.39 is 24.1 Å². The van der Waals surface area contributed by atoms with Crippen molar-refractivity contribution in [2.75, 3.05) is 5.32 Å². The Hall–Kier alpha value is -1.12. The minimum atomic E-state index is -1.37. The number of rotatable bonds is 4. The molecule has 2 unspecified atom stereocenters. The zero-order valence-corrected chi connectivity index (χ0v) is 13.0. The number of hydrogen-bond donors (Lipinski definition) is 4. The standard InChI is InChI=1S/C11H12Br2N2O4/c1-5(16)8(10(17)18)14-11(19)15-9-6(12)3-2-4-7(9)13/h2-5,8,16H,1H3,(H,17,18)(H2,14,15,19). The molecule has 1 aromatic carbocycles. The molecule has 1 rings (SSSR count). The number of nitrogens with one attached hydrogen (secondary N) is 2. The lowest BCUT2D eigenvalue weighted by Gasteiger charge is -2.18. The molecule has 6 nitrogen and oxygen atoms in total. The molecule has 2 amide bonds. The van der Waals surface area contributed by atoms with Crippen molar-refractivity contribution in [1.29, 1.82) is 0 Å². The van der Waals surface area contributed by atoms with Crippen molar-refractivity contribution in [2.45, 2.75) is 19.1 Å². The van der Waals surface area contributed by atoms with Crippen molar-refractivity contribution < 1.29 is 19.8 Å². The molecule has 0 spiro atoms. The Morgan fingerprint density at radius 3 is 2.21 bits per heavy atom. The van der Waals surface area contributed by atoms with Gasteiger partial charge >= 0.3 is 12.0 Å². The topological polar surface area (TPSA) is 98.7 Å². The lowest BCUT2D eigenvalue weighted by atomic mass is 10.2. The van der Waals surface area contributed by atoms with Gasteiger partial charge in [0.2, 0.25) is 0 Å². The molecule has 0 heterocycles. The fourth-order valence-electron chi connectivity index (χ4n) is 1.30. The van der Waals surface area contributed by atoms with Gasteiger partial charge in [0.05, 0.1) is 11.8 Å². The van der Waals surface area contributed by atoms with Gasteiger partial charge in [-0.05, 0) is 50.9 Å². The van der Waals surface area contributed by atoms with Crippen molar-refractivity contribution in [3.05, 3.63) is 27.1 Å². The highest BCUT2D eigenvalue weighted by Crippen LogP contribution is 2.30. The summed E-state index contributed by atoms with van der Waals surface area (Å²) in [5.41, 5.74) is 0.467. The molecule has 1 aromatic rings. The fourth-order valence-corrected chi connectivity index (χ4v) is 2.49. The molecule has 2 atom stereocenters. The highest BCUT2D eigenvalue weighted by atomic mass is 79.9. The Labute approximate surface area is 126 Å². The smallest absolute Gasteiger partial charge is 0.328 e. The lowest BCUT2D eigenvalue weighted by molar-refractivity contribution is -0.141. The minimum absolute atomic E-state index is 0.467. The monoisotopic (exact) mass is 394 g/mol. The number of aliphatic hydroxyl groups excluding tert-OH is 1. The molecule has 0 aliphatic heterocycles. The van der Waals surface area contributed by atoms with Gasteiger partial charge in [-0.25, -0.2) is 9.59 Å². The summed E-state index contributed by atoms with van der Waals surface area (Å²) in [5, 5.41) is 22.8. The Morgan fingerprint density at radius 2 is 1.79 bits per heavy atom. The second kappa shape index (κ2) is 6.88. The first-order valence-corrected chi connectivity index (χ1v) is 6.84. The van der Waals surface area contributed by atoms with Crippen LogP contribution < -0.4 is 10.6 Å². The average molecular weight is 396 g/mol. The zero-order chi connectivity index (χ0) is 14.6. The molecular formula is C11H12Br2N2O4. The maximum atomic E-state index is 11.7. The van der Waals surface area contributed by atoms with Gasteiger partial charge in [-0.3, -0.25) is 0 Å². The zero-order valence-electron chi connectivity index (χ0n) is 9.85. The van der Waals surface area contributed by atoms with Crippen LogP contribution >= 0.6 is 31.9 Å². The Bertz CT molecular complexity index is 473. The Kier molecular flexibility index (Phi) is 5.77. The van der Waals surface area contributed by atoms with Crippen molar-refractivity contribution in [2.24, 2.45) is 0 Å². The summed E-state index contributed by atoms with van der Waals surface area (Å²) in [7, 11) is 0. The molecule has 0 aromatic heterocycles. The normalized spacial score (nSPS) is 13.5. The number of para-hydroxylation sites is 1. The van der Waals surface area contributed by atoms with Crippen molar-refractivity contribution in [1.82, 2.24) is 5.32 Å². The molecule has 0 radical (unpaired) electrons. The van der Waals surface area contributed by atoms with Gasteiger partial charge < -0.3 is 20.8 Å². The Morgan fingerprint density at radius 1 is 1.26 bits per heavy atom. The van der Waals surface area contributed by atoms with Crippen molar-refractivity contribution in [3.63, 3.8) is 0 Å². The van der Waals surface area contributed by atoms with E-state index in [1.807, 2.05) is 0 Å². The van der Waals surface area contributed by atoms with E-state index in [9.17, 15) is 14.7 Å². The van der Waals surface area contributed by atoms with Gasteiger partial charge in [-0.2, -0.15) is 0 Å². The Balaban J connectivity index is 2.78. The molecule has 4 N–H and O–H groups in total. The number of anilines is 1. The number of halogens is 2. The molecule has 0 fully saturated rings. The second-order valence-electron chi connectivity index (χ2n) is 3.75. The van der Waals surface area contributed by atoms with Crippen LogP contribution in [0.15, 0.2) is 27.1 Å². The number of urea groups is 1. The quantitative estimate of drug-likeness (QED) is 0.627. The average Bonchev–Trinajstić information content (AvgIpc) is 2.30. The number of carbonyl (C=O) groups is 2. The molecule has 0 aliphatic rings. The number of carboxylic acids is 1. The maximum Gasteiger partial charge on any atom is 0.328 e. The predicted molar refractivity (Wildman–Crippen MR) is 77.1 cm³/mol. The number of aliphatic carboxylic acids is 1. The van der Waals surface area contributed by atoms with Crippen LogP contribution in [0, 0.1) is 0 Å². The van der Waals surface area contributed by atoms with E-state index in [1.54, 1.807) is 18.2 Å². The number of carboxylic acid groups (broad SMARTS) is 1. The lowest BCUT2D eigenvalue weighted by Crippen LogP contribution is -2.49. The van der Waals surface area contributed by atoms with Crippen molar-refractivity contribution >= 4 is 49.5 Å². The molecule has 0 saturated carbocycles. The first-order chi connectivity index (χ1) is 8.82. The van der Waals surface area contributed by atoms with Crippen LogP contribution in [0.1, 0.15) is 6.92 Å². The van der Waals surface area contributed by atoms with E-state index >= 15 is 0 Å². The van der Waals surface area contributed by atoms with Gasteiger partial charge in [-0.15, -0.1) is 0 Å². The predicted octanol–water partition coefficient (Wildman–Crippen LogP) is 2.17. The van der Waals surface area contributed by atoms with Crippen LogP contribution in [0.25, 0.3) is 0 Å². The molecule has 19 heavy (non-hydrogen) atoms. The molecule has 104 valence electrons. The third kappa shape index (κ3) is 4.48. The van der Waals surface area contributed by atoms with Crippen LogP contribution in [0.3, 0.4) is 0 Å². The fraction of sp³-hybridized carbons (Fsp3) is 0.273. The third-order valence-electron chi connectivity index (χ3n) is 2.24. The highest BCUT2D eigenvalue weighted by Gasteiger charge is 2.25. The third-order valence-corrected chi connectivity index (χ3v) is 3.56. The first kappa shape index (κ1) is 15.9. The number of benzene rings is 1. The molecule has 8 heteroatoms. The highest BCUT2D eigenvalue weighted by molar-refractivity contribution is 9.11. The number of aliphatic hydroxyl groups is 1. The van der Waals surface area contributed by atoms with Crippen LogP contribution in [0.5, 0.6) is 0 Å². The van der Waals surface area contributed by atoms with Crippen LogP contribution in [0.2, 0.25) is 0 Å². The summed E-state index contributed by atoms with van der Waals surface area (Å²) in [6.45, 7) is 1.29. The number of amides is 2. The maximum absolute atomic E-state index is 11.7. The number of hydrogen-bond acceptors (Lipinski definition) is 3. The van der Waals surface area contributed by atoms with E-state index in [2.05, 4.69) is 42.5 Å². The summed E-state index contributed by atoms with van der Waals surface area (Å²) in [4.78, 5) is 22.5. The largest absolute Gasteiger partial charge is 0.480 e. The van der Waals surface area contributed by atoms with Crippen LogP contribution in [-0.4, -0.2) is 34.4 Å². The molecule has 0 aliphatic carbocycles. The number of carbonyl (C=O) groups excluding carboxylic acids is 1. The second-order valence-corrected chi connectivity index (χ2v) is 5.46. The van der Waals surface area contributed by atoms with Crippen LogP contribution in [-0.2, 0) is 4.79 Å². The van der Waals surface area contributed by atoms with Crippen LogP contribution in [0.4, 0.5) is 10.5 Å². The van der Waals surface area contributed by atoms with Crippen molar-refractivity contribution in [3.8, 4) is 0 Å². The first-order valence-electron chi connectivity index (χ1n) is 5.25. The minimum Gasteiger partial charge on any atom is -0.480 e. The summed E-state index contributed by atoms with van der Waals surface area (Å²) in [5.74, 6) is -1.31. The van der Waals surface area contributed by atoms with Gasteiger partial charge in [0.15, 0.2) is 6.04 Å². The van der Waals surface area contributed by atoms with Gasteiger partial charge in [-0.1, -0.05) is 6.07 Å². The molecule has 0 bridgehead atoms. The summed E-state index contributed by atoms with van der Waals surface area (Å²) in [6, 6.07) is 3.13. The van der Waals surface area contributed by atoms with E-state index in [0.717, 1.165) is 0 Å². The van der Waals surface area contributed by atoms with E-state index in [-0.39, 0.29) is 0 Å².